The first kappa shape index (κ1) is 24.9. The number of aromatic amines is 1. The van der Waals surface area contributed by atoms with Gasteiger partial charge in [0.15, 0.2) is 0 Å². The first-order valence-corrected chi connectivity index (χ1v) is 7.84. The Hall–Kier alpha value is -1.08. The van der Waals surface area contributed by atoms with Crippen LogP contribution in [0.4, 0.5) is 0 Å². The Kier molecular flexibility index (Phi) is 9.88. The number of fused-ring (bicyclic) bond motifs is 2. The Morgan fingerprint density at radius 3 is 2.19 bits per heavy atom. The van der Waals surface area contributed by atoms with E-state index < -0.39 is 0 Å². The van der Waals surface area contributed by atoms with Crippen LogP contribution in [-0.4, -0.2) is 4.98 Å². The minimum Gasteiger partial charge on any atom is -1.00 e. The fourth-order valence-electron chi connectivity index (χ4n) is 2.73. The molecule has 1 aliphatic carbocycles. The molecule has 2 aromatic carbocycles. The van der Waals surface area contributed by atoms with E-state index in [1.54, 1.807) is 0 Å². The van der Waals surface area contributed by atoms with Gasteiger partial charge in [-0.1, -0.05) is 51.1 Å². The third-order valence-corrected chi connectivity index (χ3v) is 3.85. The Bertz CT molecular complexity index is 944. The van der Waals surface area contributed by atoms with E-state index >= 15 is 0 Å². The summed E-state index contributed by atoms with van der Waals surface area (Å²) in [6, 6.07) is 16.5. The second-order valence-corrected chi connectivity index (χ2v) is 6.80. The van der Waals surface area contributed by atoms with Crippen molar-refractivity contribution in [1.82, 2.24) is 4.98 Å². The molecule has 0 unspecified atom stereocenters. The van der Waals surface area contributed by atoms with Gasteiger partial charge in [-0.25, -0.2) is 0 Å². The Morgan fingerprint density at radius 2 is 1.54 bits per heavy atom. The molecule has 1 aromatic heterocycles. The number of rotatable bonds is 0. The summed E-state index contributed by atoms with van der Waals surface area (Å²) in [6.45, 7) is 10.4. The summed E-state index contributed by atoms with van der Waals surface area (Å²) in [4.78, 5) is 3.17. The third-order valence-electron chi connectivity index (χ3n) is 3.85. The van der Waals surface area contributed by atoms with Gasteiger partial charge in [0.1, 0.15) is 0 Å². The van der Waals surface area contributed by atoms with Crippen LogP contribution >= 0.6 is 0 Å². The van der Waals surface area contributed by atoms with Crippen molar-refractivity contribution in [3.8, 4) is 0 Å². The maximum atomic E-state index is 3.80. The SMILES string of the molecule is C=C1[C-]=c2ccccc2=C1.CC(C)(C)c1[c-][nH]c2ccccc12.[Cl-].[Cl-].[Zr+4]. The second kappa shape index (κ2) is 10.3. The molecular weight excluding hydrogens is 440 g/mol. The van der Waals surface area contributed by atoms with Crippen molar-refractivity contribution in [2.45, 2.75) is 26.2 Å². The van der Waals surface area contributed by atoms with Crippen molar-refractivity contribution in [2.75, 3.05) is 0 Å². The molecule has 0 saturated carbocycles. The van der Waals surface area contributed by atoms with Crippen LogP contribution in [0.15, 0.2) is 60.7 Å². The summed E-state index contributed by atoms with van der Waals surface area (Å²) in [5.74, 6) is 0. The number of hydrogen-bond acceptors (Lipinski definition) is 0. The quantitative estimate of drug-likeness (QED) is 0.372. The van der Waals surface area contributed by atoms with Crippen LogP contribution in [0.25, 0.3) is 23.1 Å². The van der Waals surface area contributed by atoms with E-state index in [2.05, 4.69) is 68.9 Å². The van der Waals surface area contributed by atoms with Crippen molar-refractivity contribution in [1.29, 1.82) is 0 Å². The number of hydrogen-bond donors (Lipinski definition) is 1. The summed E-state index contributed by atoms with van der Waals surface area (Å²) in [5.41, 5.74) is 3.58. The number of nitrogens with one attached hydrogen (secondary N) is 1. The fraction of sp³-hybridized carbons (Fsp3) is 0.182. The largest absolute Gasteiger partial charge is 4.00 e. The van der Waals surface area contributed by atoms with Gasteiger partial charge in [0, 0.05) is 0 Å². The monoisotopic (exact) mass is 459 g/mol. The molecular formula is C22H21Cl2NZr. The van der Waals surface area contributed by atoms with Crippen LogP contribution in [0.3, 0.4) is 0 Å². The zero-order valence-corrected chi connectivity index (χ0v) is 19.1. The molecule has 0 spiro atoms. The van der Waals surface area contributed by atoms with Gasteiger partial charge in [-0.15, -0.1) is 63.6 Å². The van der Waals surface area contributed by atoms with Crippen molar-refractivity contribution >= 4 is 23.1 Å². The van der Waals surface area contributed by atoms with Gasteiger partial charge in [0.2, 0.25) is 0 Å². The van der Waals surface area contributed by atoms with E-state index in [0.717, 1.165) is 10.8 Å². The molecule has 132 valence electrons. The first-order valence-electron chi connectivity index (χ1n) is 7.84. The number of aromatic nitrogens is 1. The average Bonchev–Trinajstić information content (AvgIpc) is 3.09. The molecule has 0 atom stereocenters. The molecule has 4 heteroatoms. The fourth-order valence-corrected chi connectivity index (χ4v) is 2.73. The van der Waals surface area contributed by atoms with E-state index in [-0.39, 0.29) is 56.4 Å². The van der Waals surface area contributed by atoms with Crippen LogP contribution in [0.5, 0.6) is 0 Å². The first-order chi connectivity index (χ1) is 10.9. The van der Waals surface area contributed by atoms with Crippen molar-refractivity contribution in [3.63, 3.8) is 0 Å². The van der Waals surface area contributed by atoms with Crippen molar-refractivity contribution in [3.05, 3.63) is 82.9 Å². The molecule has 0 fully saturated rings. The molecule has 4 rings (SSSR count). The normalized spacial score (nSPS) is 11.4. The van der Waals surface area contributed by atoms with E-state index in [0.29, 0.717) is 0 Å². The predicted molar refractivity (Wildman–Crippen MR) is 98.5 cm³/mol. The van der Waals surface area contributed by atoms with Gasteiger partial charge in [0.25, 0.3) is 0 Å². The molecule has 1 N–H and O–H groups in total. The maximum Gasteiger partial charge on any atom is 4.00 e. The number of H-pyrrole nitrogens is 1. The second-order valence-electron chi connectivity index (χ2n) is 6.80. The number of allylic oxidation sites excluding steroid dienone is 1. The number of para-hydroxylation sites is 1. The summed E-state index contributed by atoms with van der Waals surface area (Å²) >= 11 is 0. The van der Waals surface area contributed by atoms with Gasteiger partial charge < -0.3 is 29.8 Å². The van der Waals surface area contributed by atoms with Crippen LogP contribution in [0.2, 0.25) is 0 Å². The molecule has 0 bridgehead atoms. The Balaban J connectivity index is 0.000000441. The third kappa shape index (κ3) is 5.71. The van der Waals surface area contributed by atoms with Gasteiger partial charge in [-0.05, 0) is 5.41 Å². The summed E-state index contributed by atoms with van der Waals surface area (Å²) in [7, 11) is 0. The number of benzene rings is 2. The van der Waals surface area contributed by atoms with E-state index in [4.69, 9.17) is 0 Å². The molecule has 1 nitrogen and oxygen atoms in total. The molecule has 26 heavy (non-hydrogen) atoms. The molecule has 0 saturated heterocycles. The molecule has 0 aliphatic heterocycles. The van der Waals surface area contributed by atoms with Crippen molar-refractivity contribution in [2.24, 2.45) is 0 Å². The predicted octanol–water partition coefficient (Wildman–Crippen LogP) is -2.03. The van der Waals surface area contributed by atoms with Crippen LogP contribution < -0.4 is 35.3 Å². The molecule has 1 aliphatic rings. The minimum absolute atomic E-state index is 0. The van der Waals surface area contributed by atoms with Gasteiger partial charge in [-0.2, -0.15) is 12.0 Å². The van der Waals surface area contributed by atoms with Crippen LogP contribution in [-0.2, 0) is 31.6 Å². The minimum atomic E-state index is 0. The summed E-state index contributed by atoms with van der Waals surface area (Å²) in [6.07, 6.45) is 8.41. The van der Waals surface area contributed by atoms with Crippen LogP contribution in [0, 0.1) is 6.20 Å². The standard InChI is InChI=1S/C12H14N.C10H7.2ClH.Zr/c1-12(2,3)10-8-13-11-7-5-4-6-9(10)11;1-8-6-9-4-2-3-5-10(9)7-8;;;/h4-7,13H,1-3H3;2-6H,1H2;2*1H;/q2*-1;;;+4/p-2. The van der Waals surface area contributed by atoms with Gasteiger partial charge >= 0.3 is 26.2 Å². The summed E-state index contributed by atoms with van der Waals surface area (Å²) in [5, 5.41) is 3.68. The molecule has 3 aromatic rings. The Morgan fingerprint density at radius 1 is 0.923 bits per heavy atom. The maximum absolute atomic E-state index is 3.80. The smallest absolute Gasteiger partial charge is 1.00 e. The van der Waals surface area contributed by atoms with Gasteiger partial charge in [0.05, 0.1) is 0 Å². The van der Waals surface area contributed by atoms with Crippen molar-refractivity contribution < 1.29 is 51.0 Å². The number of halogens is 2. The molecule has 1 heterocycles. The van der Waals surface area contributed by atoms with E-state index in [9.17, 15) is 0 Å². The molecule has 0 radical (unpaired) electrons. The molecule has 0 amide bonds. The zero-order chi connectivity index (χ0) is 16.4. The summed E-state index contributed by atoms with van der Waals surface area (Å²) < 4.78 is 0. The zero-order valence-electron chi connectivity index (χ0n) is 15.2. The topological polar surface area (TPSA) is 15.8 Å². The Labute approximate surface area is 187 Å². The van der Waals surface area contributed by atoms with E-state index in [1.165, 1.54) is 21.7 Å². The van der Waals surface area contributed by atoms with Crippen LogP contribution in [0.1, 0.15) is 26.3 Å². The van der Waals surface area contributed by atoms with Gasteiger partial charge in [-0.3, -0.25) is 0 Å². The average molecular weight is 462 g/mol. The van der Waals surface area contributed by atoms with E-state index in [1.807, 2.05) is 30.3 Å².